The number of aryl methyl sites for hydroxylation is 1. The molecule has 1 aromatic heterocycles. The zero-order valence-corrected chi connectivity index (χ0v) is 18.1. The van der Waals surface area contributed by atoms with Gasteiger partial charge in [0.2, 0.25) is 0 Å². The van der Waals surface area contributed by atoms with Gasteiger partial charge in [0.05, 0.1) is 16.4 Å². The highest BCUT2D eigenvalue weighted by Gasteiger charge is 2.27. The van der Waals surface area contributed by atoms with Gasteiger partial charge in [-0.1, -0.05) is 65.7 Å². The Morgan fingerprint density at radius 1 is 0.871 bits per heavy atom. The fourth-order valence-corrected chi connectivity index (χ4v) is 4.33. The molecule has 3 aromatic carbocycles. The smallest absolute Gasteiger partial charge is 0.277 e. The molecule has 4 nitrogen and oxygen atoms in total. The van der Waals surface area contributed by atoms with Crippen LogP contribution in [0, 0.1) is 0 Å². The molecular weight excluding hydrogens is 429 g/mol. The van der Waals surface area contributed by atoms with E-state index in [1.54, 1.807) is 10.7 Å². The Labute approximate surface area is 190 Å². The van der Waals surface area contributed by atoms with E-state index in [4.69, 9.17) is 28.3 Å². The van der Waals surface area contributed by atoms with Crippen LogP contribution in [0.1, 0.15) is 22.5 Å². The van der Waals surface area contributed by atoms with Gasteiger partial charge in [-0.2, -0.15) is 5.10 Å². The third kappa shape index (κ3) is 3.73. The largest absolute Gasteiger partial charge is 0.307 e. The van der Waals surface area contributed by atoms with Crippen molar-refractivity contribution in [3.05, 3.63) is 100 Å². The van der Waals surface area contributed by atoms with E-state index >= 15 is 0 Å². The van der Waals surface area contributed by atoms with Crippen molar-refractivity contribution in [2.75, 3.05) is 11.4 Å². The van der Waals surface area contributed by atoms with Gasteiger partial charge in [0.25, 0.3) is 5.91 Å². The molecule has 5 rings (SSSR count). The fourth-order valence-electron chi connectivity index (χ4n) is 3.99. The number of aromatic nitrogens is 2. The summed E-state index contributed by atoms with van der Waals surface area (Å²) in [5.74, 6) is -0.0974. The standard InChI is InChI=1S/C25H19Cl2N3O/c26-19-13-11-17(12-14-19)21-16-24(30(28-21)23-10-4-2-8-20(23)27)25(31)29-15-5-7-18-6-1-3-9-22(18)29/h1-4,6,8-14,16H,5,7,15H2. The topological polar surface area (TPSA) is 38.1 Å². The molecule has 6 heteroatoms. The number of para-hydroxylation sites is 2. The lowest BCUT2D eigenvalue weighted by atomic mass is 10.0. The normalized spacial score (nSPS) is 13.2. The van der Waals surface area contributed by atoms with E-state index in [9.17, 15) is 4.79 Å². The summed E-state index contributed by atoms with van der Waals surface area (Å²) in [6.45, 7) is 0.666. The summed E-state index contributed by atoms with van der Waals surface area (Å²) in [5.41, 5.74) is 4.84. The first kappa shape index (κ1) is 19.9. The van der Waals surface area contributed by atoms with E-state index in [1.807, 2.05) is 71.6 Å². The van der Waals surface area contributed by atoms with Crippen molar-refractivity contribution in [3.8, 4) is 16.9 Å². The van der Waals surface area contributed by atoms with Gasteiger partial charge in [-0.25, -0.2) is 4.68 Å². The molecule has 0 saturated carbocycles. The molecule has 0 bridgehead atoms. The van der Waals surface area contributed by atoms with E-state index in [0.717, 1.165) is 24.1 Å². The molecule has 31 heavy (non-hydrogen) atoms. The SMILES string of the molecule is O=C(c1cc(-c2ccc(Cl)cc2)nn1-c1ccccc1Cl)N1CCCc2ccccc21. The summed E-state index contributed by atoms with van der Waals surface area (Å²) in [4.78, 5) is 15.6. The van der Waals surface area contributed by atoms with Crippen LogP contribution >= 0.6 is 23.2 Å². The number of carbonyl (C=O) groups is 1. The average Bonchev–Trinajstić information content (AvgIpc) is 3.24. The van der Waals surface area contributed by atoms with Gasteiger partial charge in [-0.15, -0.1) is 0 Å². The molecule has 0 saturated heterocycles. The second-order valence-corrected chi connectivity index (χ2v) is 8.32. The number of rotatable bonds is 3. The number of carbonyl (C=O) groups excluding carboxylic acids is 1. The van der Waals surface area contributed by atoms with Gasteiger partial charge in [0.15, 0.2) is 0 Å². The van der Waals surface area contributed by atoms with E-state index in [1.165, 1.54) is 5.56 Å². The zero-order chi connectivity index (χ0) is 21.4. The predicted octanol–water partition coefficient (Wildman–Crippen LogP) is 6.44. The summed E-state index contributed by atoms with van der Waals surface area (Å²) < 4.78 is 1.64. The van der Waals surface area contributed by atoms with Crippen LogP contribution in [0.4, 0.5) is 5.69 Å². The molecule has 0 aliphatic carbocycles. The summed E-state index contributed by atoms with van der Waals surface area (Å²) in [7, 11) is 0. The molecule has 2 heterocycles. The van der Waals surface area contributed by atoms with Crippen LogP contribution in [0.3, 0.4) is 0 Å². The molecule has 1 aliphatic heterocycles. The predicted molar refractivity (Wildman–Crippen MR) is 125 cm³/mol. The Bertz CT molecular complexity index is 1260. The number of hydrogen-bond donors (Lipinski definition) is 0. The van der Waals surface area contributed by atoms with Crippen LogP contribution in [-0.2, 0) is 6.42 Å². The molecule has 4 aromatic rings. The van der Waals surface area contributed by atoms with Crippen molar-refractivity contribution >= 4 is 34.8 Å². The van der Waals surface area contributed by atoms with Crippen LogP contribution < -0.4 is 4.90 Å². The van der Waals surface area contributed by atoms with Gasteiger partial charge in [0.1, 0.15) is 5.69 Å². The summed E-state index contributed by atoms with van der Waals surface area (Å²) in [6, 6.07) is 24.7. The third-order valence-electron chi connectivity index (χ3n) is 5.50. The van der Waals surface area contributed by atoms with Crippen molar-refractivity contribution in [2.45, 2.75) is 12.8 Å². The molecule has 0 unspecified atom stereocenters. The van der Waals surface area contributed by atoms with Crippen molar-refractivity contribution < 1.29 is 4.79 Å². The summed E-state index contributed by atoms with van der Waals surface area (Å²) in [6.07, 6.45) is 1.90. The molecule has 0 atom stereocenters. The maximum Gasteiger partial charge on any atom is 0.277 e. The number of halogens is 2. The highest BCUT2D eigenvalue weighted by molar-refractivity contribution is 6.32. The highest BCUT2D eigenvalue weighted by Crippen LogP contribution is 2.31. The second kappa shape index (κ2) is 8.22. The zero-order valence-electron chi connectivity index (χ0n) is 16.6. The molecule has 0 spiro atoms. The Morgan fingerprint density at radius 3 is 2.35 bits per heavy atom. The molecule has 0 radical (unpaired) electrons. The average molecular weight is 448 g/mol. The van der Waals surface area contributed by atoms with E-state index in [0.29, 0.717) is 33.7 Å². The summed E-state index contributed by atoms with van der Waals surface area (Å²) in [5, 5.41) is 5.93. The number of anilines is 1. The van der Waals surface area contributed by atoms with Gasteiger partial charge >= 0.3 is 0 Å². The maximum absolute atomic E-state index is 13.8. The van der Waals surface area contributed by atoms with Crippen LogP contribution in [0.2, 0.25) is 10.0 Å². The lowest BCUT2D eigenvalue weighted by molar-refractivity contribution is 0.0977. The maximum atomic E-state index is 13.8. The van der Waals surface area contributed by atoms with Crippen molar-refractivity contribution in [3.63, 3.8) is 0 Å². The number of benzene rings is 3. The number of fused-ring (bicyclic) bond motifs is 1. The molecule has 154 valence electrons. The molecule has 0 N–H and O–H groups in total. The van der Waals surface area contributed by atoms with Gasteiger partial charge in [-0.3, -0.25) is 4.79 Å². The third-order valence-corrected chi connectivity index (χ3v) is 6.08. The van der Waals surface area contributed by atoms with Gasteiger partial charge in [-0.05, 0) is 54.8 Å². The first-order valence-electron chi connectivity index (χ1n) is 10.1. The molecular formula is C25H19Cl2N3O. The Balaban J connectivity index is 1.64. The minimum Gasteiger partial charge on any atom is -0.307 e. The van der Waals surface area contributed by atoms with Gasteiger partial charge in [0, 0.05) is 22.8 Å². The van der Waals surface area contributed by atoms with Gasteiger partial charge < -0.3 is 4.90 Å². The minimum atomic E-state index is -0.0974. The fraction of sp³-hybridized carbons (Fsp3) is 0.120. The first-order valence-corrected chi connectivity index (χ1v) is 10.9. The van der Waals surface area contributed by atoms with Crippen LogP contribution in [0.25, 0.3) is 16.9 Å². The minimum absolute atomic E-state index is 0.0974. The Hall–Kier alpha value is -3.08. The molecule has 0 fully saturated rings. The highest BCUT2D eigenvalue weighted by atomic mass is 35.5. The lowest BCUT2D eigenvalue weighted by Gasteiger charge is -2.29. The van der Waals surface area contributed by atoms with E-state index < -0.39 is 0 Å². The summed E-state index contributed by atoms with van der Waals surface area (Å²) >= 11 is 12.5. The van der Waals surface area contributed by atoms with Crippen molar-refractivity contribution in [2.24, 2.45) is 0 Å². The monoisotopic (exact) mass is 447 g/mol. The van der Waals surface area contributed by atoms with Crippen LogP contribution in [0.5, 0.6) is 0 Å². The van der Waals surface area contributed by atoms with E-state index in [-0.39, 0.29) is 5.91 Å². The van der Waals surface area contributed by atoms with Crippen molar-refractivity contribution in [1.29, 1.82) is 0 Å². The first-order chi connectivity index (χ1) is 15.1. The van der Waals surface area contributed by atoms with Crippen LogP contribution in [-0.4, -0.2) is 22.2 Å². The van der Waals surface area contributed by atoms with Crippen LogP contribution in [0.15, 0.2) is 78.9 Å². The lowest BCUT2D eigenvalue weighted by Crippen LogP contribution is -2.36. The van der Waals surface area contributed by atoms with Crippen molar-refractivity contribution in [1.82, 2.24) is 9.78 Å². The number of hydrogen-bond acceptors (Lipinski definition) is 2. The Kier molecular flexibility index (Phi) is 5.26. The molecule has 1 aliphatic rings. The van der Waals surface area contributed by atoms with E-state index in [2.05, 4.69) is 6.07 Å². The number of amides is 1. The molecule has 1 amide bonds. The quantitative estimate of drug-likeness (QED) is 0.362. The Morgan fingerprint density at radius 2 is 1.58 bits per heavy atom. The second-order valence-electron chi connectivity index (χ2n) is 7.47. The number of nitrogens with zero attached hydrogens (tertiary/aromatic N) is 3.